The third kappa shape index (κ3) is 7.11. The van der Waals surface area contributed by atoms with Crippen LogP contribution in [-0.4, -0.2) is 80.8 Å². The first-order chi connectivity index (χ1) is 12.4. The number of likely N-dealkylation sites (N-methyl/N-ethyl adjacent to an activating group) is 1. The van der Waals surface area contributed by atoms with Crippen LogP contribution in [0.5, 0.6) is 5.75 Å². The molecule has 0 saturated carbocycles. The molecule has 1 saturated heterocycles. The molecule has 2 rings (SSSR count). The van der Waals surface area contributed by atoms with E-state index in [1.807, 2.05) is 24.1 Å². The highest BCUT2D eigenvalue weighted by atomic mass is 35.5. The first-order valence-electron chi connectivity index (χ1n) is 9.03. The molecule has 0 atom stereocenters. The van der Waals surface area contributed by atoms with Gasteiger partial charge in [0.15, 0.2) is 0 Å². The van der Waals surface area contributed by atoms with Gasteiger partial charge in [-0.05, 0) is 45.2 Å². The second-order valence-electron chi connectivity index (χ2n) is 7.23. The molecule has 0 radical (unpaired) electrons. The Kier molecular flexibility index (Phi) is 8.15. The van der Waals surface area contributed by atoms with Crippen molar-refractivity contribution in [2.24, 2.45) is 0 Å². The van der Waals surface area contributed by atoms with Crippen LogP contribution in [0.4, 0.5) is 0 Å². The predicted molar refractivity (Wildman–Crippen MR) is 104 cm³/mol. The van der Waals surface area contributed by atoms with Crippen LogP contribution in [0.25, 0.3) is 0 Å². The molecule has 1 aromatic rings. The second-order valence-corrected chi connectivity index (χ2v) is 7.67. The summed E-state index contributed by atoms with van der Waals surface area (Å²) in [5.41, 5.74) is -0.0737. The summed E-state index contributed by atoms with van der Waals surface area (Å²) in [5, 5.41) is 3.73. The standard InChI is InChI=1S/C19H30ClN3O3/c1-19(2,23-9-11-25-12-10-23)15-21-18(24)14-22(3)8-13-26-17-6-4-16(20)5-7-17/h4-7H,8-15H2,1-3H3,(H,21,24). The van der Waals surface area contributed by atoms with Gasteiger partial charge in [-0.1, -0.05) is 11.6 Å². The molecule has 0 unspecified atom stereocenters. The van der Waals surface area contributed by atoms with Crippen LogP contribution in [0, 0.1) is 0 Å². The SMILES string of the molecule is CN(CCOc1ccc(Cl)cc1)CC(=O)NCC(C)(C)N1CCOCC1. The lowest BCUT2D eigenvalue weighted by atomic mass is 10.0. The number of carbonyl (C=O) groups excluding carboxylic acids is 1. The molecular formula is C19H30ClN3O3. The quantitative estimate of drug-likeness (QED) is 0.705. The summed E-state index contributed by atoms with van der Waals surface area (Å²) < 4.78 is 11.1. The Labute approximate surface area is 161 Å². The summed E-state index contributed by atoms with van der Waals surface area (Å²) in [6, 6.07) is 7.26. The van der Waals surface area contributed by atoms with E-state index in [2.05, 4.69) is 24.1 Å². The van der Waals surface area contributed by atoms with Gasteiger partial charge in [0.25, 0.3) is 0 Å². The van der Waals surface area contributed by atoms with Crippen LogP contribution in [0.3, 0.4) is 0 Å². The van der Waals surface area contributed by atoms with Crippen molar-refractivity contribution in [2.45, 2.75) is 19.4 Å². The summed E-state index contributed by atoms with van der Waals surface area (Å²) in [7, 11) is 1.91. The van der Waals surface area contributed by atoms with E-state index in [1.165, 1.54) is 0 Å². The molecule has 0 spiro atoms. The smallest absolute Gasteiger partial charge is 0.234 e. The number of morpholine rings is 1. The van der Waals surface area contributed by atoms with E-state index in [0.717, 1.165) is 32.1 Å². The number of ether oxygens (including phenoxy) is 2. The summed E-state index contributed by atoms with van der Waals surface area (Å²) in [6.07, 6.45) is 0. The van der Waals surface area contributed by atoms with Gasteiger partial charge in [-0.15, -0.1) is 0 Å². The fraction of sp³-hybridized carbons (Fsp3) is 0.632. The predicted octanol–water partition coefficient (Wildman–Crippen LogP) is 1.88. The molecule has 1 N–H and O–H groups in total. The molecule has 6 nitrogen and oxygen atoms in total. The first kappa shape index (κ1) is 21.0. The zero-order valence-corrected chi connectivity index (χ0v) is 16.7. The van der Waals surface area contributed by atoms with E-state index < -0.39 is 0 Å². The maximum absolute atomic E-state index is 12.2. The van der Waals surface area contributed by atoms with Crippen LogP contribution in [0.15, 0.2) is 24.3 Å². The largest absolute Gasteiger partial charge is 0.492 e. The number of hydrogen-bond donors (Lipinski definition) is 1. The van der Waals surface area contributed by atoms with E-state index >= 15 is 0 Å². The molecule has 26 heavy (non-hydrogen) atoms. The lowest BCUT2D eigenvalue weighted by molar-refractivity contribution is -0.122. The highest BCUT2D eigenvalue weighted by molar-refractivity contribution is 6.30. The van der Waals surface area contributed by atoms with Gasteiger partial charge in [0.2, 0.25) is 5.91 Å². The Bertz CT molecular complexity index is 560. The fourth-order valence-corrected chi connectivity index (χ4v) is 2.95. The monoisotopic (exact) mass is 383 g/mol. The number of nitrogens with zero attached hydrogens (tertiary/aromatic N) is 2. The molecular weight excluding hydrogens is 354 g/mol. The fourth-order valence-electron chi connectivity index (χ4n) is 2.83. The van der Waals surface area contributed by atoms with Crippen molar-refractivity contribution in [1.29, 1.82) is 0 Å². The number of benzene rings is 1. The zero-order valence-electron chi connectivity index (χ0n) is 16.0. The Balaban J connectivity index is 1.64. The topological polar surface area (TPSA) is 54.0 Å². The average molecular weight is 384 g/mol. The molecule has 1 aliphatic heterocycles. The van der Waals surface area contributed by atoms with E-state index in [-0.39, 0.29) is 11.4 Å². The lowest BCUT2D eigenvalue weighted by Crippen LogP contribution is -2.56. The van der Waals surface area contributed by atoms with Crippen LogP contribution >= 0.6 is 11.6 Å². The van der Waals surface area contributed by atoms with E-state index in [9.17, 15) is 4.79 Å². The van der Waals surface area contributed by atoms with Crippen LogP contribution in [0.1, 0.15) is 13.8 Å². The summed E-state index contributed by atoms with van der Waals surface area (Å²) >= 11 is 5.85. The summed E-state index contributed by atoms with van der Waals surface area (Å²) in [4.78, 5) is 16.5. The summed E-state index contributed by atoms with van der Waals surface area (Å²) in [5.74, 6) is 0.805. The van der Waals surface area contributed by atoms with E-state index in [1.54, 1.807) is 12.1 Å². The highest BCUT2D eigenvalue weighted by Crippen LogP contribution is 2.16. The number of halogens is 1. The van der Waals surface area contributed by atoms with Gasteiger partial charge in [0, 0.05) is 36.7 Å². The molecule has 146 valence electrons. The number of amides is 1. The third-order valence-electron chi connectivity index (χ3n) is 4.55. The number of hydrogen-bond acceptors (Lipinski definition) is 5. The molecule has 1 fully saturated rings. The molecule has 0 aliphatic carbocycles. The average Bonchev–Trinajstić information content (AvgIpc) is 2.62. The Morgan fingerprint density at radius 3 is 2.62 bits per heavy atom. The molecule has 1 aliphatic rings. The van der Waals surface area contributed by atoms with Gasteiger partial charge in [-0.25, -0.2) is 0 Å². The lowest BCUT2D eigenvalue weighted by Gasteiger charge is -2.40. The normalized spacial score (nSPS) is 15.9. The number of nitrogens with one attached hydrogen (secondary N) is 1. The second kappa shape index (κ2) is 10.1. The van der Waals surface area contributed by atoms with Crippen molar-refractivity contribution in [1.82, 2.24) is 15.1 Å². The molecule has 1 heterocycles. The van der Waals surface area contributed by atoms with Crippen molar-refractivity contribution < 1.29 is 14.3 Å². The van der Waals surface area contributed by atoms with Crippen molar-refractivity contribution >= 4 is 17.5 Å². The zero-order chi connectivity index (χ0) is 19.0. The minimum absolute atomic E-state index is 0.0281. The van der Waals surface area contributed by atoms with Crippen molar-refractivity contribution in [3.05, 3.63) is 29.3 Å². The molecule has 7 heteroatoms. The molecule has 1 amide bonds. The number of rotatable bonds is 9. The van der Waals surface area contributed by atoms with Gasteiger partial charge in [0.1, 0.15) is 12.4 Å². The van der Waals surface area contributed by atoms with Gasteiger partial charge in [-0.3, -0.25) is 14.6 Å². The van der Waals surface area contributed by atoms with Gasteiger partial charge >= 0.3 is 0 Å². The molecule has 0 bridgehead atoms. The Morgan fingerprint density at radius 1 is 1.31 bits per heavy atom. The maximum atomic E-state index is 12.2. The first-order valence-corrected chi connectivity index (χ1v) is 9.41. The van der Waals surface area contributed by atoms with Gasteiger partial charge in [0.05, 0.1) is 19.8 Å². The van der Waals surface area contributed by atoms with Crippen LogP contribution in [-0.2, 0) is 9.53 Å². The molecule has 1 aromatic carbocycles. The van der Waals surface area contributed by atoms with Gasteiger partial charge < -0.3 is 14.8 Å². The number of carbonyl (C=O) groups is 1. The van der Waals surface area contributed by atoms with E-state index in [4.69, 9.17) is 21.1 Å². The van der Waals surface area contributed by atoms with Crippen molar-refractivity contribution in [2.75, 3.05) is 59.6 Å². The highest BCUT2D eigenvalue weighted by Gasteiger charge is 2.28. The molecule has 0 aromatic heterocycles. The third-order valence-corrected chi connectivity index (χ3v) is 4.81. The Morgan fingerprint density at radius 2 is 1.96 bits per heavy atom. The minimum atomic E-state index is -0.0737. The van der Waals surface area contributed by atoms with E-state index in [0.29, 0.717) is 31.3 Å². The maximum Gasteiger partial charge on any atom is 0.234 e. The summed E-state index contributed by atoms with van der Waals surface area (Å²) in [6.45, 7) is 9.80. The minimum Gasteiger partial charge on any atom is -0.492 e. The van der Waals surface area contributed by atoms with Crippen LogP contribution < -0.4 is 10.1 Å². The van der Waals surface area contributed by atoms with Crippen molar-refractivity contribution in [3.63, 3.8) is 0 Å². The van der Waals surface area contributed by atoms with Crippen LogP contribution in [0.2, 0.25) is 5.02 Å². The van der Waals surface area contributed by atoms with Crippen molar-refractivity contribution in [3.8, 4) is 5.75 Å². The van der Waals surface area contributed by atoms with Gasteiger partial charge in [-0.2, -0.15) is 0 Å². The Hall–Kier alpha value is -1.34.